The predicted octanol–water partition coefficient (Wildman–Crippen LogP) is 0.393. The van der Waals surface area contributed by atoms with E-state index in [1.54, 1.807) is 0 Å². The average Bonchev–Trinajstić information content (AvgIpc) is 2.27. The van der Waals surface area contributed by atoms with Gasteiger partial charge in [0.25, 0.3) is 0 Å². The maximum atomic E-state index is 13.3. The number of rotatable bonds is 5. The zero-order valence-corrected chi connectivity index (χ0v) is 10.1. The Morgan fingerprint density at radius 2 is 2.17 bits per heavy atom. The fourth-order valence-electron chi connectivity index (χ4n) is 1.26. The third-order valence-corrected chi connectivity index (χ3v) is 3.67. The smallest absolute Gasteiger partial charge is 0.324 e. The van der Waals surface area contributed by atoms with E-state index in [4.69, 9.17) is 5.11 Å². The summed E-state index contributed by atoms with van der Waals surface area (Å²) in [6, 6.07) is 1.94. The Kier molecular flexibility index (Phi) is 4.33. The van der Waals surface area contributed by atoms with E-state index in [0.717, 1.165) is 18.2 Å². The highest BCUT2D eigenvalue weighted by Gasteiger charge is 2.30. The van der Waals surface area contributed by atoms with Crippen LogP contribution in [0.25, 0.3) is 0 Å². The molecule has 0 spiro atoms. The molecule has 1 rings (SSSR count). The van der Waals surface area contributed by atoms with Crippen LogP contribution in [-0.4, -0.2) is 31.1 Å². The van der Waals surface area contributed by atoms with Crippen molar-refractivity contribution in [3.63, 3.8) is 0 Å². The number of hydrogen-bond acceptors (Lipinski definition) is 5. The third kappa shape index (κ3) is 3.00. The van der Waals surface area contributed by atoms with Crippen molar-refractivity contribution < 1.29 is 22.8 Å². The van der Waals surface area contributed by atoms with E-state index >= 15 is 0 Å². The number of nitrogens with one attached hydrogen (secondary N) is 1. The van der Waals surface area contributed by atoms with Crippen molar-refractivity contribution in [2.45, 2.75) is 17.9 Å². The largest absolute Gasteiger partial charge is 0.395 e. The van der Waals surface area contributed by atoms with Gasteiger partial charge in [-0.25, -0.2) is 13.1 Å². The summed E-state index contributed by atoms with van der Waals surface area (Å²) in [5.41, 5.74) is -1.12. The van der Waals surface area contributed by atoms with Crippen molar-refractivity contribution in [3.8, 4) is 0 Å². The van der Waals surface area contributed by atoms with Crippen LogP contribution in [0.2, 0.25) is 0 Å². The lowest BCUT2D eigenvalue weighted by Crippen LogP contribution is -2.35. The number of para-hydroxylation sites is 1. The third-order valence-electron chi connectivity index (χ3n) is 2.05. The maximum absolute atomic E-state index is 13.3. The molecule has 0 aliphatic carbocycles. The number of nitro benzene ring substituents is 1. The maximum Gasteiger partial charge on any atom is 0.324 e. The summed E-state index contributed by atoms with van der Waals surface area (Å²) in [5, 5.41) is 19.4. The van der Waals surface area contributed by atoms with Gasteiger partial charge in [0, 0.05) is 6.04 Å². The van der Waals surface area contributed by atoms with Crippen molar-refractivity contribution in [1.29, 1.82) is 0 Å². The van der Waals surface area contributed by atoms with Gasteiger partial charge in [-0.1, -0.05) is 6.07 Å². The fourth-order valence-corrected chi connectivity index (χ4v) is 2.67. The molecule has 18 heavy (non-hydrogen) atoms. The van der Waals surface area contributed by atoms with Crippen molar-refractivity contribution in [1.82, 2.24) is 4.72 Å². The summed E-state index contributed by atoms with van der Waals surface area (Å²) >= 11 is 0. The van der Waals surface area contributed by atoms with Gasteiger partial charge in [0.1, 0.15) is 0 Å². The van der Waals surface area contributed by atoms with Crippen LogP contribution in [0.1, 0.15) is 6.92 Å². The van der Waals surface area contributed by atoms with E-state index in [1.165, 1.54) is 6.92 Å². The SMILES string of the molecule is CC(CO)NS(=O)(=O)c1cccc(F)c1[N+](=O)[O-]. The second-order valence-electron chi connectivity index (χ2n) is 3.55. The van der Waals surface area contributed by atoms with E-state index in [9.17, 15) is 22.9 Å². The molecule has 0 amide bonds. The molecule has 0 fully saturated rings. The monoisotopic (exact) mass is 278 g/mol. The molecule has 7 nitrogen and oxygen atoms in total. The minimum absolute atomic E-state index is 0.484. The van der Waals surface area contributed by atoms with E-state index < -0.39 is 44.0 Å². The standard InChI is InChI=1S/C9H11FN2O5S/c1-6(5-13)11-18(16,17)8-4-2-3-7(10)9(8)12(14)15/h2-4,6,11,13H,5H2,1H3. The van der Waals surface area contributed by atoms with Gasteiger partial charge in [0.2, 0.25) is 15.8 Å². The molecule has 0 bridgehead atoms. The fraction of sp³-hybridized carbons (Fsp3) is 0.333. The summed E-state index contributed by atoms with van der Waals surface area (Å²) < 4.78 is 38.8. The van der Waals surface area contributed by atoms with Gasteiger partial charge in [-0.05, 0) is 19.1 Å². The van der Waals surface area contributed by atoms with Crippen molar-refractivity contribution >= 4 is 15.7 Å². The first kappa shape index (κ1) is 14.5. The number of sulfonamides is 1. The summed E-state index contributed by atoms with van der Waals surface area (Å²) in [6.45, 7) is 0.880. The quantitative estimate of drug-likeness (QED) is 0.598. The number of nitrogens with zero attached hydrogens (tertiary/aromatic N) is 1. The van der Waals surface area contributed by atoms with Crippen LogP contribution in [-0.2, 0) is 10.0 Å². The first-order valence-electron chi connectivity index (χ1n) is 4.85. The van der Waals surface area contributed by atoms with E-state index in [1.807, 2.05) is 4.72 Å². The zero-order valence-electron chi connectivity index (χ0n) is 9.33. The molecule has 2 N–H and O–H groups in total. The lowest BCUT2D eigenvalue weighted by Gasteiger charge is -2.11. The molecule has 0 heterocycles. The Hall–Kier alpha value is -1.58. The Labute approximate surface area is 102 Å². The molecule has 1 unspecified atom stereocenters. The van der Waals surface area contributed by atoms with Crippen LogP contribution in [0.5, 0.6) is 0 Å². The first-order chi connectivity index (χ1) is 8.29. The highest BCUT2D eigenvalue weighted by atomic mass is 32.2. The van der Waals surface area contributed by atoms with Crippen LogP contribution >= 0.6 is 0 Å². The second kappa shape index (κ2) is 5.38. The Morgan fingerprint density at radius 3 is 2.67 bits per heavy atom. The molecule has 0 aliphatic heterocycles. The minimum atomic E-state index is -4.26. The molecule has 1 atom stereocenters. The van der Waals surface area contributed by atoms with Gasteiger partial charge in [0.15, 0.2) is 4.90 Å². The second-order valence-corrected chi connectivity index (χ2v) is 5.23. The molecule has 0 aromatic heterocycles. The average molecular weight is 278 g/mol. The van der Waals surface area contributed by atoms with Gasteiger partial charge < -0.3 is 5.11 Å². The number of aliphatic hydroxyl groups excluding tert-OH is 1. The van der Waals surface area contributed by atoms with Crippen molar-refractivity contribution in [2.24, 2.45) is 0 Å². The van der Waals surface area contributed by atoms with Crippen LogP contribution < -0.4 is 4.72 Å². The molecule has 0 saturated heterocycles. The Bertz CT molecular complexity index is 560. The predicted molar refractivity (Wildman–Crippen MR) is 59.9 cm³/mol. The lowest BCUT2D eigenvalue weighted by molar-refractivity contribution is -0.390. The Morgan fingerprint density at radius 1 is 1.56 bits per heavy atom. The minimum Gasteiger partial charge on any atom is -0.395 e. The molecule has 0 aliphatic rings. The van der Waals surface area contributed by atoms with Crippen molar-refractivity contribution in [3.05, 3.63) is 34.1 Å². The highest BCUT2D eigenvalue weighted by molar-refractivity contribution is 7.89. The number of halogens is 1. The molecule has 0 radical (unpaired) electrons. The summed E-state index contributed by atoms with van der Waals surface area (Å²) in [6.07, 6.45) is 0. The van der Waals surface area contributed by atoms with Crippen LogP contribution in [0.15, 0.2) is 23.1 Å². The van der Waals surface area contributed by atoms with E-state index in [0.29, 0.717) is 0 Å². The van der Waals surface area contributed by atoms with Gasteiger partial charge in [-0.15, -0.1) is 0 Å². The molecule has 9 heteroatoms. The topological polar surface area (TPSA) is 110 Å². The highest BCUT2D eigenvalue weighted by Crippen LogP contribution is 2.26. The lowest BCUT2D eigenvalue weighted by atomic mass is 10.3. The van der Waals surface area contributed by atoms with Gasteiger partial charge in [-0.2, -0.15) is 4.39 Å². The molecular weight excluding hydrogens is 267 g/mol. The van der Waals surface area contributed by atoms with Gasteiger partial charge in [0.05, 0.1) is 11.5 Å². The molecule has 1 aromatic rings. The van der Waals surface area contributed by atoms with Crippen LogP contribution in [0.3, 0.4) is 0 Å². The molecular formula is C9H11FN2O5S. The van der Waals surface area contributed by atoms with Crippen LogP contribution in [0, 0.1) is 15.9 Å². The molecule has 100 valence electrons. The molecule has 1 aromatic carbocycles. The number of hydrogen-bond donors (Lipinski definition) is 2. The summed E-state index contributed by atoms with van der Waals surface area (Å²) in [7, 11) is -4.26. The normalized spacial score (nSPS) is 13.3. The number of aliphatic hydroxyl groups is 1. The van der Waals surface area contributed by atoms with E-state index in [-0.39, 0.29) is 0 Å². The number of benzene rings is 1. The summed E-state index contributed by atoms with van der Waals surface area (Å²) in [5.74, 6) is -1.24. The first-order valence-corrected chi connectivity index (χ1v) is 6.34. The van der Waals surface area contributed by atoms with Gasteiger partial charge >= 0.3 is 5.69 Å². The zero-order chi connectivity index (χ0) is 13.9. The molecule has 0 saturated carbocycles. The van der Waals surface area contributed by atoms with Gasteiger partial charge in [-0.3, -0.25) is 10.1 Å². The van der Waals surface area contributed by atoms with Crippen molar-refractivity contribution in [2.75, 3.05) is 6.61 Å². The van der Waals surface area contributed by atoms with E-state index in [2.05, 4.69) is 0 Å². The van der Waals surface area contributed by atoms with Crippen LogP contribution in [0.4, 0.5) is 10.1 Å². The Balaban J connectivity index is 3.33. The summed E-state index contributed by atoms with van der Waals surface area (Å²) in [4.78, 5) is 8.79. The number of nitro groups is 1.